The van der Waals surface area contributed by atoms with E-state index in [0.717, 1.165) is 25.0 Å². The Hall–Kier alpha value is -3.23. The highest BCUT2D eigenvalue weighted by Gasteiger charge is 2.21. The minimum atomic E-state index is -0.376. The molecular weight excluding hydrogens is 419 g/mol. The zero-order valence-corrected chi connectivity index (χ0v) is 17.3. The molecule has 31 heavy (non-hydrogen) atoms. The van der Waals surface area contributed by atoms with Crippen LogP contribution in [0.2, 0.25) is 5.02 Å². The van der Waals surface area contributed by atoms with Crippen LogP contribution in [0.4, 0.5) is 16.2 Å². The molecule has 1 unspecified atom stereocenters. The Morgan fingerprint density at radius 1 is 1.19 bits per heavy atom. The molecule has 7 nitrogen and oxygen atoms in total. The molecule has 1 saturated heterocycles. The number of nitrogens with zero attached hydrogens (tertiary/aromatic N) is 4. The molecule has 0 bridgehead atoms. The molecule has 0 amide bonds. The molecule has 1 aliphatic rings. The molecule has 3 N–H and O–H groups in total. The highest BCUT2D eigenvalue weighted by Crippen LogP contribution is 2.33. The van der Waals surface area contributed by atoms with Crippen LogP contribution < -0.4 is 11.1 Å². The van der Waals surface area contributed by atoms with Crippen molar-refractivity contribution in [1.82, 2.24) is 19.7 Å². The first-order valence-corrected chi connectivity index (χ1v) is 10.4. The van der Waals surface area contributed by atoms with Crippen LogP contribution in [-0.4, -0.2) is 39.0 Å². The third kappa shape index (κ3) is 3.92. The maximum atomic E-state index is 13.8. The van der Waals surface area contributed by atoms with E-state index in [1.165, 1.54) is 16.8 Å². The van der Waals surface area contributed by atoms with Gasteiger partial charge in [0.15, 0.2) is 5.65 Å². The molecule has 3 heterocycles. The van der Waals surface area contributed by atoms with Crippen LogP contribution in [0.25, 0.3) is 28.0 Å². The van der Waals surface area contributed by atoms with Gasteiger partial charge in [0, 0.05) is 23.7 Å². The van der Waals surface area contributed by atoms with Crippen molar-refractivity contribution in [3.05, 3.63) is 59.4 Å². The van der Waals surface area contributed by atoms with Gasteiger partial charge in [-0.15, -0.1) is 5.10 Å². The number of rotatable bonds is 5. The van der Waals surface area contributed by atoms with Crippen molar-refractivity contribution >= 4 is 34.4 Å². The van der Waals surface area contributed by atoms with Crippen molar-refractivity contribution in [2.45, 2.75) is 18.9 Å². The summed E-state index contributed by atoms with van der Waals surface area (Å²) in [6.45, 7) is 1.38. The van der Waals surface area contributed by atoms with Gasteiger partial charge in [-0.1, -0.05) is 29.8 Å². The smallest absolute Gasteiger partial charge is 0.225 e. The predicted octanol–water partition coefficient (Wildman–Crippen LogP) is 4.45. The summed E-state index contributed by atoms with van der Waals surface area (Å²) in [5, 5.41) is 9.01. The molecule has 0 radical (unpaired) electrons. The van der Waals surface area contributed by atoms with Gasteiger partial charge in [0.25, 0.3) is 0 Å². The molecule has 0 spiro atoms. The first-order valence-electron chi connectivity index (χ1n) is 10.0. The molecule has 5 rings (SSSR count). The van der Waals surface area contributed by atoms with Crippen LogP contribution in [0.15, 0.2) is 48.5 Å². The first-order chi connectivity index (χ1) is 15.1. The fourth-order valence-electron chi connectivity index (χ4n) is 3.72. The topological polar surface area (TPSA) is 90.9 Å². The molecule has 1 fully saturated rings. The van der Waals surface area contributed by atoms with E-state index in [-0.39, 0.29) is 11.9 Å². The lowest BCUT2D eigenvalue weighted by Gasteiger charge is -2.12. The third-order valence-electron chi connectivity index (χ3n) is 5.25. The number of nitrogen functional groups attached to an aromatic ring is 1. The second-order valence-corrected chi connectivity index (χ2v) is 7.83. The van der Waals surface area contributed by atoms with E-state index in [1.807, 2.05) is 12.1 Å². The zero-order valence-electron chi connectivity index (χ0n) is 16.6. The minimum absolute atomic E-state index is 0.133. The fourth-order valence-corrected chi connectivity index (χ4v) is 3.85. The maximum Gasteiger partial charge on any atom is 0.225 e. The van der Waals surface area contributed by atoms with Gasteiger partial charge in [0.1, 0.15) is 11.6 Å². The monoisotopic (exact) mass is 438 g/mol. The van der Waals surface area contributed by atoms with Gasteiger partial charge in [-0.05, 0) is 43.2 Å². The van der Waals surface area contributed by atoms with E-state index in [9.17, 15) is 4.39 Å². The average Bonchev–Trinajstić information content (AvgIpc) is 3.40. The molecule has 9 heteroatoms. The zero-order chi connectivity index (χ0) is 21.4. The van der Waals surface area contributed by atoms with Crippen molar-refractivity contribution in [3.63, 3.8) is 0 Å². The van der Waals surface area contributed by atoms with Gasteiger partial charge in [-0.3, -0.25) is 0 Å². The Balaban J connectivity index is 1.63. The second kappa shape index (κ2) is 8.13. The van der Waals surface area contributed by atoms with Crippen LogP contribution in [0.3, 0.4) is 0 Å². The molecule has 4 aromatic rings. The number of nitrogens with one attached hydrogen (secondary N) is 1. The largest absolute Gasteiger partial charge is 0.383 e. The van der Waals surface area contributed by atoms with Gasteiger partial charge in [-0.25, -0.2) is 14.1 Å². The number of ether oxygens (including phenoxy) is 1. The van der Waals surface area contributed by atoms with Crippen molar-refractivity contribution < 1.29 is 9.13 Å². The van der Waals surface area contributed by atoms with Gasteiger partial charge < -0.3 is 15.8 Å². The molecule has 0 aliphatic carbocycles. The SMILES string of the molecule is Nc1c2c(-c3ccc(Cl)cc3)nc(NCC3CCCO3)nc2nn1-c1cccc(F)c1. The normalized spacial score (nSPS) is 16.1. The van der Waals surface area contributed by atoms with E-state index in [0.29, 0.717) is 45.7 Å². The number of fused-ring (bicyclic) bond motifs is 1. The summed E-state index contributed by atoms with van der Waals surface area (Å²) in [7, 11) is 0. The molecule has 2 aromatic carbocycles. The van der Waals surface area contributed by atoms with Crippen molar-refractivity contribution in [2.24, 2.45) is 0 Å². The molecule has 1 atom stereocenters. The van der Waals surface area contributed by atoms with Crippen molar-refractivity contribution in [2.75, 3.05) is 24.2 Å². The van der Waals surface area contributed by atoms with Crippen LogP contribution in [0, 0.1) is 5.82 Å². The Morgan fingerprint density at radius 3 is 2.77 bits per heavy atom. The molecule has 0 saturated carbocycles. The summed E-state index contributed by atoms with van der Waals surface area (Å²) < 4.78 is 20.9. The Bertz CT molecular complexity index is 1240. The van der Waals surface area contributed by atoms with Crippen LogP contribution >= 0.6 is 11.6 Å². The summed E-state index contributed by atoms with van der Waals surface area (Å²) in [6, 6.07) is 13.4. The summed E-state index contributed by atoms with van der Waals surface area (Å²) in [4.78, 5) is 9.28. The number of anilines is 2. The van der Waals surface area contributed by atoms with Crippen LogP contribution in [0.1, 0.15) is 12.8 Å². The summed E-state index contributed by atoms with van der Waals surface area (Å²) in [6.07, 6.45) is 2.19. The lowest BCUT2D eigenvalue weighted by atomic mass is 10.1. The number of hydrogen-bond donors (Lipinski definition) is 2. The summed E-state index contributed by atoms with van der Waals surface area (Å²) >= 11 is 6.07. The van der Waals surface area contributed by atoms with Crippen molar-refractivity contribution in [1.29, 1.82) is 0 Å². The first kappa shape index (κ1) is 19.7. The quantitative estimate of drug-likeness (QED) is 0.478. The Labute approximate surface area is 183 Å². The van der Waals surface area contributed by atoms with Gasteiger partial charge >= 0.3 is 0 Å². The van der Waals surface area contributed by atoms with Crippen LogP contribution in [-0.2, 0) is 4.74 Å². The maximum absolute atomic E-state index is 13.8. The number of benzene rings is 2. The summed E-state index contributed by atoms with van der Waals surface area (Å²) in [5.74, 6) is 0.382. The molecule has 158 valence electrons. The Kier molecular flexibility index (Phi) is 5.17. The predicted molar refractivity (Wildman–Crippen MR) is 119 cm³/mol. The highest BCUT2D eigenvalue weighted by atomic mass is 35.5. The second-order valence-electron chi connectivity index (χ2n) is 7.39. The fraction of sp³-hybridized carbons (Fsp3) is 0.227. The van der Waals surface area contributed by atoms with E-state index in [2.05, 4.69) is 15.4 Å². The highest BCUT2D eigenvalue weighted by molar-refractivity contribution is 6.30. The van der Waals surface area contributed by atoms with Gasteiger partial charge in [0.05, 0.1) is 22.9 Å². The molecular formula is C22H20ClFN6O. The van der Waals surface area contributed by atoms with Gasteiger partial charge in [0.2, 0.25) is 5.95 Å². The van der Waals surface area contributed by atoms with E-state index < -0.39 is 0 Å². The van der Waals surface area contributed by atoms with Crippen LogP contribution in [0.5, 0.6) is 0 Å². The van der Waals surface area contributed by atoms with E-state index in [1.54, 1.807) is 24.3 Å². The average molecular weight is 439 g/mol. The van der Waals surface area contributed by atoms with E-state index in [4.69, 9.17) is 27.1 Å². The molecule has 2 aromatic heterocycles. The molecule has 1 aliphatic heterocycles. The number of aromatic nitrogens is 4. The van der Waals surface area contributed by atoms with E-state index >= 15 is 0 Å². The lowest BCUT2D eigenvalue weighted by Crippen LogP contribution is -2.19. The lowest BCUT2D eigenvalue weighted by molar-refractivity contribution is 0.120. The Morgan fingerprint density at radius 2 is 2.03 bits per heavy atom. The standard InChI is InChI=1S/C22H20ClFN6O/c23-14-8-6-13(7-9-14)19-18-20(25)30(16-4-1-3-15(24)11-16)29-21(18)28-22(27-19)26-12-17-5-2-10-31-17/h1,3-4,6-9,11,17H,2,5,10,12,25H2,(H,26,28,29). The third-order valence-corrected chi connectivity index (χ3v) is 5.50. The number of halogens is 2. The van der Waals surface area contributed by atoms with Gasteiger partial charge in [-0.2, -0.15) is 4.98 Å². The number of hydrogen-bond acceptors (Lipinski definition) is 6. The minimum Gasteiger partial charge on any atom is -0.383 e. The van der Waals surface area contributed by atoms with Crippen molar-refractivity contribution in [3.8, 4) is 16.9 Å². The summed E-state index contributed by atoms with van der Waals surface area (Å²) in [5.41, 5.74) is 8.81. The number of nitrogens with two attached hydrogens (primary N) is 1.